The first kappa shape index (κ1) is 21.8. The van der Waals surface area contributed by atoms with Crippen molar-refractivity contribution in [1.82, 2.24) is 10.6 Å². The molecule has 24 heavy (non-hydrogen) atoms. The smallest absolute Gasteiger partial charge is 0.253 e. The van der Waals surface area contributed by atoms with E-state index in [1.54, 1.807) is 6.92 Å². The van der Waals surface area contributed by atoms with Gasteiger partial charge in [0.25, 0.3) is 17.7 Å². The number of benzene rings is 1. The molecular formula is C14H16I3N3O4. The number of aliphatic hydroxyl groups excluding tert-OH is 1. The quantitative estimate of drug-likeness (QED) is 0.360. The molecule has 7 nitrogen and oxygen atoms in total. The van der Waals surface area contributed by atoms with E-state index in [1.807, 2.05) is 67.8 Å². The van der Waals surface area contributed by atoms with Gasteiger partial charge in [-0.2, -0.15) is 0 Å². The third-order valence-corrected chi connectivity index (χ3v) is 6.40. The monoisotopic (exact) mass is 671 g/mol. The lowest BCUT2D eigenvalue weighted by Gasteiger charge is -2.19. The zero-order valence-corrected chi connectivity index (χ0v) is 19.6. The van der Waals surface area contributed by atoms with E-state index in [0.29, 0.717) is 27.5 Å². The summed E-state index contributed by atoms with van der Waals surface area (Å²) in [5, 5.41) is 17.4. The Kier molecular flexibility index (Phi) is 8.61. The van der Waals surface area contributed by atoms with Crippen LogP contribution in [0.4, 0.5) is 5.69 Å². The van der Waals surface area contributed by atoms with Crippen molar-refractivity contribution >= 4 is 91.2 Å². The summed E-state index contributed by atoms with van der Waals surface area (Å²) in [5.41, 5.74) is 0.948. The second-order valence-corrected chi connectivity index (χ2v) is 7.87. The Balaban J connectivity index is 3.66. The van der Waals surface area contributed by atoms with Crippen LogP contribution in [0.2, 0.25) is 0 Å². The van der Waals surface area contributed by atoms with Crippen molar-refractivity contribution in [2.24, 2.45) is 0 Å². The molecule has 0 aliphatic rings. The van der Waals surface area contributed by atoms with Crippen LogP contribution in [0.5, 0.6) is 0 Å². The van der Waals surface area contributed by atoms with Crippen LogP contribution in [0.1, 0.15) is 34.1 Å². The van der Waals surface area contributed by atoms with Crippen molar-refractivity contribution in [1.29, 1.82) is 0 Å². The number of amides is 3. The predicted octanol–water partition coefficient (Wildman–Crippen LogP) is 1.93. The number of nitrogens with one attached hydrogen (secondary N) is 3. The first-order chi connectivity index (χ1) is 11.2. The molecule has 132 valence electrons. The Morgan fingerprint density at radius 1 is 0.958 bits per heavy atom. The Labute approximate surface area is 180 Å². The predicted molar refractivity (Wildman–Crippen MR) is 116 cm³/mol. The summed E-state index contributed by atoms with van der Waals surface area (Å²) < 4.78 is 1.50. The van der Waals surface area contributed by atoms with Crippen molar-refractivity contribution in [3.63, 3.8) is 0 Å². The zero-order chi connectivity index (χ0) is 18.6. The Bertz CT molecular complexity index is 651. The van der Waals surface area contributed by atoms with Gasteiger partial charge in [-0.3, -0.25) is 14.4 Å². The molecule has 1 atom stereocenters. The van der Waals surface area contributed by atoms with Gasteiger partial charge in [-0.05, 0) is 74.2 Å². The van der Waals surface area contributed by atoms with Gasteiger partial charge in [0, 0.05) is 17.7 Å². The number of hydrogen-bond acceptors (Lipinski definition) is 4. The van der Waals surface area contributed by atoms with E-state index >= 15 is 0 Å². The third-order valence-electron chi connectivity index (χ3n) is 3.16. The van der Waals surface area contributed by atoms with E-state index in [4.69, 9.17) is 0 Å². The van der Waals surface area contributed by atoms with Gasteiger partial charge in [0.15, 0.2) is 0 Å². The third kappa shape index (κ3) is 4.49. The van der Waals surface area contributed by atoms with Crippen LogP contribution < -0.4 is 16.0 Å². The molecule has 1 rings (SSSR count). The molecule has 1 aromatic rings. The van der Waals surface area contributed by atoms with E-state index in [-0.39, 0.29) is 18.2 Å². The molecule has 0 fully saturated rings. The topological polar surface area (TPSA) is 108 Å². The normalized spacial score (nSPS) is 11.6. The molecule has 3 amide bonds. The maximum absolute atomic E-state index is 12.2. The van der Waals surface area contributed by atoms with Crippen molar-refractivity contribution in [3.8, 4) is 0 Å². The minimum atomic E-state index is -1.16. The highest BCUT2D eigenvalue weighted by Crippen LogP contribution is 2.35. The summed E-state index contributed by atoms with van der Waals surface area (Å²) in [6.07, 6.45) is -0.906. The molecule has 0 aliphatic heterocycles. The number of carbonyl (C=O) groups excluding carboxylic acids is 3. The highest BCUT2D eigenvalue weighted by atomic mass is 127. The number of carbonyl (C=O) groups is 3. The van der Waals surface area contributed by atoms with Gasteiger partial charge < -0.3 is 21.1 Å². The Hall–Kier alpha value is -0.220. The van der Waals surface area contributed by atoms with E-state index in [9.17, 15) is 19.5 Å². The van der Waals surface area contributed by atoms with E-state index in [2.05, 4.69) is 16.0 Å². The molecule has 0 spiro atoms. The first-order valence-corrected chi connectivity index (χ1v) is 10.1. The molecule has 10 heteroatoms. The summed E-state index contributed by atoms with van der Waals surface area (Å²) in [6, 6.07) is 0. The van der Waals surface area contributed by atoms with Crippen LogP contribution in [0.3, 0.4) is 0 Å². The van der Waals surface area contributed by atoms with Crippen molar-refractivity contribution in [2.75, 3.05) is 19.4 Å². The fraction of sp³-hybridized carbons (Fsp3) is 0.357. The second-order valence-electron chi connectivity index (χ2n) is 4.64. The van der Waals surface area contributed by atoms with Crippen LogP contribution >= 0.6 is 67.8 Å². The fourth-order valence-electron chi connectivity index (χ4n) is 1.81. The minimum absolute atomic E-state index is 0.258. The maximum Gasteiger partial charge on any atom is 0.253 e. The molecule has 0 heterocycles. The number of hydrogen-bond donors (Lipinski definition) is 4. The molecule has 1 aromatic carbocycles. The molecule has 0 bridgehead atoms. The summed E-state index contributed by atoms with van der Waals surface area (Å²) in [4.78, 5) is 36.5. The Morgan fingerprint density at radius 2 is 1.38 bits per heavy atom. The van der Waals surface area contributed by atoms with E-state index < -0.39 is 12.0 Å². The van der Waals surface area contributed by atoms with Gasteiger partial charge in [0.1, 0.15) is 6.10 Å². The lowest BCUT2D eigenvalue weighted by Crippen LogP contribution is -2.30. The number of rotatable bonds is 5. The van der Waals surface area contributed by atoms with E-state index in [0.717, 1.165) is 0 Å². The van der Waals surface area contributed by atoms with Crippen molar-refractivity contribution in [2.45, 2.75) is 19.4 Å². The van der Waals surface area contributed by atoms with Gasteiger partial charge in [0.05, 0.1) is 24.0 Å². The summed E-state index contributed by atoms with van der Waals surface area (Å²) >= 11 is 5.85. The van der Waals surface area contributed by atoms with Gasteiger partial charge in [-0.25, -0.2) is 0 Å². The van der Waals surface area contributed by atoms with Crippen LogP contribution in [0.25, 0.3) is 0 Å². The van der Waals surface area contributed by atoms with Gasteiger partial charge >= 0.3 is 0 Å². The standard InChI is InChI=1S/C14H16I3N3O4/c1-4-5(21)12(22)20-11-9(16)6(13(23)18-2)8(15)7(10(11)17)14(24)19-3/h5,21H,4H2,1-3H3,(H,18,23)(H,19,24)(H,20,22). The van der Waals surface area contributed by atoms with E-state index in [1.165, 1.54) is 14.1 Å². The van der Waals surface area contributed by atoms with Crippen LogP contribution in [0.15, 0.2) is 0 Å². The minimum Gasteiger partial charge on any atom is -0.383 e. The number of halogens is 3. The van der Waals surface area contributed by atoms with Crippen LogP contribution in [-0.4, -0.2) is 43.0 Å². The molecule has 4 N–H and O–H groups in total. The number of anilines is 1. The first-order valence-electron chi connectivity index (χ1n) is 6.84. The SMILES string of the molecule is CCC(O)C(=O)Nc1c(I)c(C(=O)NC)c(I)c(C(=O)NC)c1I. The highest BCUT2D eigenvalue weighted by molar-refractivity contribution is 14.1. The molecule has 0 aromatic heterocycles. The van der Waals surface area contributed by atoms with Crippen molar-refractivity contribution in [3.05, 3.63) is 21.8 Å². The lowest BCUT2D eigenvalue weighted by molar-refractivity contribution is -0.124. The molecular weight excluding hydrogens is 655 g/mol. The average Bonchev–Trinajstić information content (AvgIpc) is 2.56. The highest BCUT2D eigenvalue weighted by Gasteiger charge is 2.28. The lowest BCUT2D eigenvalue weighted by atomic mass is 10.1. The Morgan fingerprint density at radius 3 is 1.71 bits per heavy atom. The number of aliphatic hydroxyl groups is 1. The molecule has 1 unspecified atom stereocenters. The largest absolute Gasteiger partial charge is 0.383 e. The second kappa shape index (κ2) is 9.47. The van der Waals surface area contributed by atoms with Crippen LogP contribution in [0, 0.1) is 10.7 Å². The van der Waals surface area contributed by atoms with Gasteiger partial charge in [-0.15, -0.1) is 0 Å². The molecule has 0 radical (unpaired) electrons. The maximum atomic E-state index is 12.2. The van der Waals surface area contributed by atoms with Crippen LogP contribution in [-0.2, 0) is 4.79 Å². The summed E-state index contributed by atoms with van der Waals surface area (Å²) in [6.45, 7) is 1.68. The zero-order valence-electron chi connectivity index (χ0n) is 13.1. The van der Waals surface area contributed by atoms with Crippen molar-refractivity contribution < 1.29 is 19.5 Å². The molecule has 0 saturated heterocycles. The molecule has 0 saturated carbocycles. The summed E-state index contributed by atoms with van der Waals surface area (Å²) in [7, 11) is 2.98. The average molecular weight is 671 g/mol. The summed E-state index contributed by atoms with van der Waals surface area (Å²) in [5.74, 6) is -1.31. The van der Waals surface area contributed by atoms with Gasteiger partial charge in [0.2, 0.25) is 0 Å². The van der Waals surface area contributed by atoms with Gasteiger partial charge in [-0.1, -0.05) is 6.92 Å². The molecule has 0 aliphatic carbocycles. The fourth-order valence-corrected chi connectivity index (χ4v) is 6.23.